The third kappa shape index (κ3) is 3.42. The molecule has 0 aromatic carbocycles. The molecular weight excluding hydrogens is 248 g/mol. The van der Waals surface area contributed by atoms with Crippen LogP contribution in [0.15, 0.2) is 22.8 Å². The standard InChI is InChI=1S/C13H18N2O4/c1-2-14-13(17)10-9-18-7-5-15(10)8-11(16)12-4-3-6-19-12/h3-4,6,10H,2,5,7-9H2,1H3,(H,14,17). The van der Waals surface area contributed by atoms with E-state index >= 15 is 0 Å². The van der Waals surface area contributed by atoms with Crippen LogP contribution in [0.2, 0.25) is 0 Å². The Bertz CT molecular complexity index is 430. The van der Waals surface area contributed by atoms with Gasteiger partial charge in [-0.15, -0.1) is 0 Å². The molecule has 0 aliphatic carbocycles. The van der Waals surface area contributed by atoms with Crippen LogP contribution in [0.5, 0.6) is 0 Å². The molecule has 1 amide bonds. The van der Waals surface area contributed by atoms with Gasteiger partial charge in [-0.25, -0.2) is 0 Å². The number of likely N-dealkylation sites (N-methyl/N-ethyl adjacent to an activating group) is 1. The number of amides is 1. The van der Waals surface area contributed by atoms with Gasteiger partial charge in [-0.1, -0.05) is 0 Å². The summed E-state index contributed by atoms with van der Waals surface area (Å²) in [5.41, 5.74) is 0. The van der Waals surface area contributed by atoms with Crippen LogP contribution in [0.25, 0.3) is 0 Å². The van der Waals surface area contributed by atoms with Crippen molar-refractivity contribution in [2.24, 2.45) is 0 Å². The Balaban J connectivity index is 1.99. The predicted octanol–water partition coefficient (Wildman–Crippen LogP) is 0.299. The minimum atomic E-state index is -0.410. The van der Waals surface area contributed by atoms with Gasteiger partial charge < -0.3 is 14.5 Å². The van der Waals surface area contributed by atoms with Gasteiger partial charge in [-0.2, -0.15) is 0 Å². The summed E-state index contributed by atoms with van der Waals surface area (Å²) < 4.78 is 10.4. The zero-order valence-corrected chi connectivity index (χ0v) is 10.9. The summed E-state index contributed by atoms with van der Waals surface area (Å²) in [5.74, 6) is 0.0942. The van der Waals surface area contributed by atoms with Crippen LogP contribution >= 0.6 is 0 Å². The highest BCUT2D eigenvalue weighted by molar-refractivity contribution is 5.95. The summed E-state index contributed by atoms with van der Waals surface area (Å²) in [6.45, 7) is 4.00. The van der Waals surface area contributed by atoms with E-state index in [1.165, 1.54) is 6.26 Å². The lowest BCUT2D eigenvalue weighted by molar-refractivity contribution is -0.131. The van der Waals surface area contributed by atoms with E-state index < -0.39 is 6.04 Å². The number of hydrogen-bond acceptors (Lipinski definition) is 5. The smallest absolute Gasteiger partial charge is 0.239 e. The van der Waals surface area contributed by atoms with E-state index in [-0.39, 0.29) is 18.2 Å². The van der Waals surface area contributed by atoms with Gasteiger partial charge in [0.15, 0.2) is 5.76 Å². The van der Waals surface area contributed by atoms with E-state index in [0.29, 0.717) is 32.1 Å². The van der Waals surface area contributed by atoms with E-state index in [1.54, 1.807) is 12.1 Å². The molecule has 104 valence electrons. The van der Waals surface area contributed by atoms with Crippen LogP contribution in [-0.4, -0.2) is 55.5 Å². The minimum Gasteiger partial charge on any atom is -0.461 e. The maximum absolute atomic E-state index is 12.0. The van der Waals surface area contributed by atoms with Crippen molar-refractivity contribution >= 4 is 11.7 Å². The molecule has 6 heteroatoms. The number of carbonyl (C=O) groups excluding carboxylic acids is 2. The molecule has 0 spiro atoms. The van der Waals surface area contributed by atoms with E-state index in [2.05, 4.69) is 5.32 Å². The molecule has 2 rings (SSSR count). The Morgan fingerprint density at radius 1 is 1.53 bits per heavy atom. The van der Waals surface area contributed by atoms with Gasteiger partial charge in [-0.3, -0.25) is 14.5 Å². The molecule has 0 saturated carbocycles. The molecular formula is C13H18N2O4. The summed E-state index contributed by atoms with van der Waals surface area (Å²) in [6.07, 6.45) is 1.47. The van der Waals surface area contributed by atoms with Crippen LogP contribution in [-0.2, 0) is 9.53 Å². The van der Waals surface area contributed by atoms with Gasteiger partial charge in [0.25, 0.3) is 0 Å². The molecule has 1 saturated heterocycles. The zero-order valence-electron chi connectivity index (χ0n) is 10.9. The molecule has 19 heavy (non-hydrogen) atoms. The molecule has 0 bridgehead atoms. The van der Waals surface area contributed by atoms with Gasteiger partial charge >= 0.3 is 0 Å². The van der Waals surface area contributed by atoms with Crippen molar-refractivity contribution in [2.45, 2.75) is 13.0 Å². The second kappa shape index (κ2) is 6.49. The van der Waals surface area contributed by atoms with Crippen LogP contribution in [0.1, 0.15) is 17.5 Å². The monoisotopic (exact) mass is 266 g/mol. The number of ketones is 1. The largest absolute Gasteiger partial charge is 0.461 e. The predicted molar refractivity (Wildman–Crippen MR) is 67.9 cm³/mol. The van der Waals surface area contributed by atoms with Crippen molar-refractivity contribution < 1.29 is 18.7 Å². The second-order valence-electron chi connectivity index (χ2n) is 4.36. The van der Waals surface area contributed by atoms with E-state index in [4.69, 9.17) is 9.15 Å². The lowest BCUT2D eigenvalue weighted by atomic mass is 10.2. The molecule has 1 N–H and O–H groups in total. The highest BCUT2D eigenvalue weighted by Gasteiger charge is 2.30. The Kier molecular flexibility index (Phi) is 4.70. The van der Waals surface area contributed by atoms with Crippen molar-refractivity contribution in [3.8, 4) is 0 Å². The molecule has 1 aromatic heterocycles. The maximum atomic E-state index is 12.0. The lowest BCUT2D eigenvalue weighted by Gasteiger charge is -2.33. The van der Waals surface area contributed by atoms with Crippen molar-refractivity contribution in [3.63, 3.8) is 0 Å². The van der Waals surface area contributed by atoms with E-state index in [1.807, 2.05) is 11.8 Å². The van der Waals surface area contributed by atoms with Crippen molar-refractivity contribution in [1.29, 1.82) is 0 Å². The third-order valence-corrected chi connectivity index (χ3v) is 3.04. The Labute approximate surface area is 111 Å². The molecule has 1 fully saturated rings. The van der Waals surface area contributed by atoms with Gasteiger partial charge in [0.1, 0.15) is 6.04 Å². The number of nitrogens with one attached hydrogen (secondary N) is 1. The second-order valence-corrected chi connectivity index (χ2v) is 4.36. The van der Waals surface area contributed by atoms with Gasteiger partial charge in [0, 0.05) is 13.1 Å². The molecule has 6 nitrogen and oxygen atoms in total. The number of ether oxygens (including phenoxy) is 1. The normalized spacial score (nSPS) is 20.2. The van der Waals surface area contributed by atoms with Crippen LogP contribution < -0.4 is 5.32 Å². The highest BCUT2D eigenvalue weighted by Crippen LogP contribution is 2.10. The molecule has 1 aliphatic heterocycles. The summed E-state index contributed by atoms with van der Waals surface area (Å²) in [6, 6.07) is 2.89. The lowest BCUT2D eigenvalue weighted by Crippen LogP contribution is -2.55. The van der Waals surface area contributed by atoms with Crippen LogP contribution in [0, 0.1) is 0 Å². The van der Waals surface area contributed by atoms with Gasteiger partial charge in [0.05, 0.1) is 26.0 Å². The molecule has 2 heterocycles. The van der Waals surface area contributed by atoms with E-state index in [0.717, 1.165) is 0 Å². The fourth-order valence-electron chi connectivity index (χ4n) is 2.06. The first kappa shape index (κ1) is 13.8. The highest BCUT2D eigenvalue weighted by atomic mass is 16.5. The van der Waals surface area contributed by atoms with Crippen molar-refractivity contribution in [2.75, 3.05) is 32.8 Å². The van der Waals surface area contributed by atoms with E-state index in [9.17, 15) is 9.59 Å². The summed E-state index contributed by atoms with van der Waals surface area (Å²) in [7, 11) is 0. The topological polar surface area (TPSA) is 71.8 Å². The average Bonchev–Trinajstić information content (AvgIpc) is 2.93. The quantitative estimate of drug-likeness (QED) is 0.776. The average molecular weight is 266 g/mol. The van der Waals surface area contributed by atoms with Crippen molar-refractivity contribution in [1.82, 2.24) is 10.2 Å². The minimum absolute atomic E-state index is 0.102. The third-order valence-electron chi connectivity index (χ3n) is 3.04. The van der Waals surface area contributed by atoms with Gasteiger partial charge in [-0.05, 0) is 19.1 Å². The number of Topliss-reactive ketones (excluding diaryl/α,β-unsaturated/α-hetero) is 1. The Morgan fingerprint density at radius 3 is 3.05 bits per heavy atom. The van der Waals surface area contributed by atoms with Crippen LogP contribution in [0.4, 0.5) is 0 Å². The molecule has 0 radical (unpaired) electrons. The van der Waals surface area contributed by atoms with Crippen LogP contribution in [0.3, 0.4) is 0 Å². The first-order valence-electron chi connectivity index (χ1n) is 6.38. The zero-order chi connectivity index (χ0) is 13.7. The molecule has 1 aromatic rings. The summed E-state index contributed by atoms with van der Waals surface area (Å²) in [5, 5.41) is 2.76. The summed E-state index contributed by atoms with van der Waals surface area (Å²) >= 11 is 0. The number of hydrogen-bond donors (Lipinski definition) is 1. The number of rotatable bonds is 5. The number of carbonyl (C=O) groups is 2. The first-order valence-corrected chi connectivity index (χ1v) is 6.38. The molecule has 1 aliphatic rings. The van der Waals surface area contributed by atoms with Gasteiger partial charge in [0.2, 0.25) is 11.7 Å². The fraction of sp³-hybridized carbons (Fsp3) is 0.538. The number of nitrogens with zero attached hydrogens (tertiary/aromatic N) is 1. The fourth-order valence-corrected chi connectivity index (χ4v) is 2.06. The number of furan rings is 1. The maximum Gasteiger partial charge on any atom is 0.239 e. The SMILES string of the molecule is CCNC(=O)C1COCCN1CC(=O)c1ccco1. The molecule has 1 atom stereocenters. The first-order chi connectivity index (χ1) is 9.22. The number of morpholine rings is 1. The van der Waals surface area contributed by atoms with Crippen molar-refractivity contribution in [3.05, 3.63) is 24.2 Å². The molecule has 1 unspecified atom stereocenters. The summed E-state index contributed by atoms with van der Waals surface area (Å²) in [4.78, 5) is 25.7. The Hall–Kier alpha value is -1.66. The Morgan fingerprint density at radius 2 is 2.37 bits per heavy atom.